The molecule has 1 aliphatic carbocycles. The molecular formula is C14H19FO. The number of halogens is 1. The third kappa shape index (κ3) is 2.82. The van der Waals surface area contributed by atoms with Crippen LogP contribution in [0.2, 0.25) is 0 Å². The van der Waals surface area contributed by atoms with Crippen LogP contribution in [-0.4, -0.2) is 17.9 Å². The molecule has 2 heteroatoms. The van der Waals surface area contributed by atoms with Crippen LogP contribution in [0.5, 0.6) is 0 Å². The average molecular weight is 222 g/mol. The van der Waals surface area contributed by atoms with Crippen LogP contribution < -0.4 is 0 Å². The van der Waals surface area contributed by atoms with Crippen molar-refractivity contribution in [2.45, 2.75) is 31.9 Å². The summed E-state index contributed by atoms with van der Waals surface area (Å²) in [7, 11) is 0. The molecular weight excluding hydrogens is 203 g/mol. The number of benzene rings is 1. The Kier molecular flexibility index (Phi) is 3.94. The Bertz CT molecular complexity index is 312. The van der Waals surface area contributed by atoms with Gasteiger partial charge in [-0.15, -0.1) is 0 Å². The molecule has 1 saturated carbocycles. The maximum absolute atomic E-state index is 13.6. The Hall–Kier alpha value is -0.890. The predicted octanol–water partition coefficient (Wildman–Crippen LogP) is 2.98. The molecule has 3 atom stereocenters. The van der Waals surface area contributed by atoms with E-state index < -0.39 is 6.17 Å². The lowest BCUT2D eigenvalue weighted by atomic mass is 9.78. The number of alkyl halides is 1. The summed E-state index contributed by atoms with van der Waals surface area (Å²) >= 11 is 0. The molecule has 0 bridgehead atoms. The van der Waals surface area contributed by atoms with Gasteiger partial charge in [-0.1, -0.05) is 30.3 Å². The Labute approximate surface area is 96.3 Å². The van der Waals surface area contributed by atoms with Gasteiger partial charge in [0, 0.05) is 12.5 Å². The van der Waals surface area contributed by atoms with Crippen LogP contribution in [0, 0.1) is 11.8 Å². The second-order valence-corrected chi connectivity index (χ2v) is 4.83. The normalized spacial score (nSPS) is 30.2. The summed E-state index contributed by atoms with van der Waals surface area (Å²) in [6.07, 6.45) is 2.64. The van der Waals surface area contributed by atoms with Crippen LogP contribution in [0.3, 0.4) is 0 Å². The van der Waals surface area contributed by atoms with Crippen molar-refractivity contribution in [3.63, 3.8) is 0 Å². The van der Waals surface area contributed by atoms with Crippen LogP contribution in [-0.2, 0) is 6.42 Å². The standard InChI is InChI=1S/C14H19FO/c15-14-9-12(6-7-13(14)10-16)8-11-4-2-1-3-5-11/h1-5,12-14,16H,6-10H2/t12?,13-,14-/m0/s1. The number of hydrogen-bond donors (Lipinski definition) is 1. The zero-order valence-electron chi connectivity index (χ0n) is 9.48. The molecule has 0 heterocycles. The molecule has 0 aliphatic heterocycles. The molecule has 88 valence electrons. The van der Waals surface area contributed by atoms with Crippen molar-refractivity contribution >= 4 is 0 Å². The first kappa shape index (κ1) is 11.6. The van der Waals surface area contributed by atoms with E-state index in [0.29, 0.717) is 12.3 Å². The van der Waals surface area contributed by atoms with Gasteiger partial charge in [-0.3, -0.25) is 0 Å². The second kappa shape index (κ2) is 5.44. The van der Waals surface area contributed by atoms with E-state index in [0.717, 1.165) is 19.3 Å². The van der Waals surface area contributed by atoms with E-state index in [9.17, 15) is 4.39 Å². The highest BCUT2D eigenvalue weighted by molar-refractivity contribution is 5.15. The molecule has 0 aromatic heterocycles. The van der Waals surface area contributed by atoms with Gasteiger partial charge in [0.2, 0.25) is 0 Å². The van der Waals surface area contributed by atoms with Crippen molar-refractivity contribution in [1.29, 1.82) is 0 Å². The van der Waals surface area contributed by atoms with Crippen molar-refractivity contribution in [1.82, 2.24) is 0 Å². The van der Waals surface area contributed by atoms with E-state index in [1.54, 1.807) is 0 Å². The molecule has 1 N–H and O–H groups in total. The topological polar surface area (TPSA) is 20.2 Å². The third-order valence-corrected chi connectivity index (χ3v) is 3.62. The molecule has 1 aromatic carbocycles. The van der Waals surface area contributed by atoms with Crippen molar-refractivity contribution in [2.24, 2.45) is 11.8 Å². The lowest BCUT2D eigenvalue weighted by Gasteiger charge is -2.30. The zero-order valence-corrected chi connectivity index (χ0v) is 9.48. The minimum Gasteiger partial charge on any atom is -0.396 e. The average Bonchev–Trinajstić information content (AvgIpc) is 2.31. The Morgan fingerprint density at radius 3 is 2.56 bits per heavy atom. The van der Waals surface area contributed by atoms with E-state index in [1.807, 2.05) is 18.2 Å². The summed E-state index contributed by atoms with van der Waals surface area (Å²) in [5.41, 5.74) is 1.29. The summed E-state index contributed by atoms with van der Waals surface area (Å²) in [6, 6.07) is 10.3. The number of aliphatic hydroxyl groups excluding tert-OH is 1. The van der Waals surface area contributed by atoms with Crippen molar-refractivity contribution in [3.8, 4) is 0 Å². The number of hydrogen-bond acceptors (Lipinski definition) is 1. The van der Waals surface area contributed by atoms with Gasteiger partial charge in [-0.05, 0) is 37.2 Å². The van der Waals surface area contributed by atoms with Gasteiger partial charge in [0.15, 0.2) is 0 Å². The molecule has 16 heavy (non-hydrogen) atoms. The van der Waals surface area contributed by atoms with Gasteiger partial charge in [-0.2, -0.15) is 0 Å². The molecule has 1 aromatic rings. The maximum atomic E-state index is 13.6. The van der Waals surface area contributed by atoms with E-state index in [4.69, 9.17) is 5.11 Å². The summed E-state index contributed by atoms with van der Waals surface area (Å²) in [4.78, 5) is 0. The van der Waals surface area contributed by atoms with Gasteiger partial charge in [0.05, 0.1) is 0 Å². The van der Waals surface area contributed by atoms with E-state index in [2.05, 4.69) is 12.1 Å². The predicted molar refractivity (Wildman–Crippen MR) is 63.0 cm³/mol. The van der Waals surface area contributed by atoms with Crippen LogP contribution in [0.25, 0.3) is 0 Å². The highest BCUT2D eigenvalue weighted by Gasteiger charge is 2.29. The SMILES string of the molecule is OC[C@@H]1CCC(Cc2ccccc2)C[C@@H]1F. The number of rotatable bonds is 3. The van der Waals surface area contributed by atoms with Crippen molar-refractivity contribution < 1.29 is 9.50 Å². The van der Waals surface area contributed by atoms with Gasteiger partial charge in [-0.25, -0.2) is 4.39 Å². The smallest absolute Gasteiger partial charge is 0.105 e. The van der Waals surface area contributed by atoms with Crippen LogP contribution in [0.15, 0.2) is 30.3 Å². The summed E-state index contributed by atoms with van der Waals surface area (Å²) < 4.78 is 13.6. The lowest BCUT2D eigenvalue weighted by Crippen LogP contribution is -2.29. The van der Waals surface area contributed by atoms with E-state index >= 15 is 0 Å². The summed E-state index contributed by atoms with van der Waals surface area (Å²) in [5.74, 6) is 0.326. The number of aliphatic hydroxyl groups is 1. The van der Waals surface area contributed by atoms with Crippen molar-refractivity contribution in [2.75, 3.05) is 6.61 Å². The molecule has 1 nitrogen and oxygen atoms in total. The van der Waals surface area contributed by atoms with E-state index in [-0.39, 0.29) is 12.5 Å². The van der Waals surface area contributed by atoms with Gasteiger partial charge in [0.25, 0.3) is 0 Å². The minimum atomic E-state index is -0.813. The highest BCUT2D eigenvalue weighted by atomic mass is 19.1. The maximum Gasteiger partial charge on any atom is 0.105 e. The van der Waals surface area contributed by atoms with Crippen LogP contribution >= 0.6 is 0 Å². The fourth-order valence-electron chi connectivity index (χ4n) is 2.60. The lowest BCUT2D eigenvalue weighted by molar-refractivity contribution is 0.0765. The first-order chi connectivity index (χ1) is 7.79. The fraction of sp³-hybridized carbons (Fsp3) is 0.571. The zero-order chi connectivity index (χ0) is 11.4. The van der Waals surface area contributed by atoms with Gasteiger partial charge < -0.3 is 5.11 Å². The van der Waals surface area contributed by atoms with Crippen LogP contribution in [0.4, 0.5) is 4.39 Å². The first-order valence-corrected chi connectivity index (χ1v) is 6.08. The molecule has 0 amide bonds. The molecule has 1 fully saturated rings. The quantitative estimate of drug-likeness (QED) is 0.833. The Morgan fingerprint density at radius 1 is 1.19 bits per heavy atom. The first-order valence-electron chi connectivity index (χ1n) is 6.08. The second-order valence-electron chi connectivity index (χ2n) is 4.83. The molecule has 2 rings (SSSR count). The summed E-state index contributed by atoms with van der Waals surface area (Å²) in [5, 5.41) is 9.00. The minimum absolute atomic E-state index is 0.000770. The third-order valence-electron chi connectivity index (χ3n) is 3.62. The van der Waals surface area contributed by atoms with Crippen LogP contribution in [0.1, 0.15) is 24.8 Å². The molecule has 1 aliphatic rings. The van der Waals surface area contributed by atoms with Gasteiger partial charge >= 0.3 is 0 Å². The largest absolute Gasteiger partial charge is 0.396 e. The molecule has 0 spiro atoms. The molecule has 0 saturated heterocycles. The molecule has 1 unspecified atom stereocenters. The monoisotopic (exact) mass is 222 g/mol. The molecule has 0 radical (unpaired) electrons. The Balaban J connectivity index is 1.89. The summed E-state index contributed by atoms with van der Waals surface area (Å²) in [6.45, 7) is -0.000770. The Morgan fingerprint density at radius 2 is 1.94 bits per heavy atom. The van der Waals surface area contributed by atoms with Crippen molar-refractivity contribution in [3.05, 3.63) is 35.9 Å². The van der Waals surface area contributed by atoms with Gasteiger partial charge in [0.1, 0.15) is 6.17 Å². The highest BCUT2D eigenvalue weighted by Crippen LogP contribution is 2.32. The van der Waals surface area contributed by atoms with E-state index in [1.165, 1.54) is 5.56 Å². The fourth-order valence-corrected chi connectivity index (χ4v) is 2.60.